The summed E-state index contributed by atoms with van der Waals surface area (Å²) in [4.78, 5) is 17.0. The zero-order chi connectivity index (χ0) is 13.9. The zero-order valence-electron chi connectivity index (χ0n) is 11.2. The zero-order valence-corrected chi connectivity index (χ0v) is 11.2. The lowest BCUT2D eigenvalue weighted by Crippen LogP contribution is -2.12. The van der Waals surface area contributed by atoms with E-state index in [1.165, 1.54) is 6.20 Å². The van der Waals surface area contributed by atoms with Crippen molar-refractivity contribution >= 4 is 16.7 Å². The minimum absolute atomic E-state index is 0.0675. The highest BCUT2D eigenvalue weighted by atomic mass is 16.1. The van der Waals surface area contributed by atoms with Crippen molar-refractivity contribution in [1.82, 2.24) is 20.0 Å². The fraction of sp³-hybridized carbons (Fsp3) is 0.200. The molecule has 0 aliphatic rings. The molecule has 0 fully saturated rings. The number of nitrogens with zero attached hydrogens (tertiary/aromatic N) is 4. The average molecular weight is 266 g/mol. The van der Waals surface area contributed by atoms with Gasteiger partial charge in [-0.15, -0.1) is 5.10 Å². The Labute approximate surface area is 116 Å². The van der Waals surface area contributed by atoms with Crippen LogP contribution >= 0.6 is 0 Å². The number of benzene rings is 1. The predicted molar refractivity (Wildman–Crippen MR) is 75.5 cm³/mol. The SMILES string of the molecule is CCCn1nncc1C(=O)c1ccnc2ccccc12. The molecular formula is C15H14N4O. The lowest BCUT2D eigenvalue weighted by atomic mass is 10.0. The van der Waals surface area contributed by atoms with Crippen LogP contribution in [-0.2, 0) is 6.54 Å². The van der Waals surface area contributed by atoms with Gasteiger partial charge >= 0.3 is 0 Å². The number of rotatable bonds is 4. The Morgan fingerprint density at radius 3 is 2.95 bits per heavy atom. The van der Waals surface area contributed by atoms with Crippen LogP contribution in [0.5, 0.6) is 0 Å². The van der Waals surface area contributed by atoms with E-state index in [1.54, 1.807) is 16.9 Å². The number of pyridine rings is 1. The molecule has 0 unspecified atom stereocenters. The Kier molecular flexibility index (Phi) is 3.25. The molecule has 0 amide bonds. The molecular weight excluding hydrogens is 252 g/mol. The van der Waals surface area contributed by atoms with Crippen LogP contribution in [0.4, 0.5) is 0 Å². The van der Waals surface area contributed by atoms with Gasteiger partial charge in [0.25, 0.3) is 0 Å². The van der Waals surface area contributed by atoms with Crippen LogP contribution in [-0.4, -0.2) is 25.8 Å². The molecule has 0 atom stereocenters. The molecule has 20 heavy (non-hydrogen) atoms. The second-order valence-electron chi connectivity index (χ2n) is 4.55. The average Bonchev–Trinajstić information content (AvgIpc) is 2.94. The minimum Gasteiger partial charge on any atom is -0.287 e. The number of carbonyl (C=O) groups excluding carboxylic acids is 1. The van der Waals surface area contributed by atoms with Crippen LogP contribution in [0.3, 0.4) is 0 Å². The Bertz CT molecular complexity index is 758. The smallest absolute Gasteiger partial charge is 0.213 e. The molecule has 0 radical (unpaired) electrons. The number of hydrogen-bond acceptors (Lipinski definition) is 4. The van der Waals surface area contributed by atoms with Crippen LogP contribution in [0.2, 0.25) is 0 Å². The van der Waals surface area contributed by atoms with E-state index < -0.39 is 0 Å². The first kappa shape index (κ1) is 12.5. The van der Waals surface area contributed by atoms with E-state index in [-0.39, 0.29) is 5.78 Å². The first-order chi connectivity index (χ1) is 9.81. The normalized spacial score (nSPS) is 10.8. The van der Waals surface area contributed by atoms with Gasteiger partial charge in [0.05, 0.1) is 11.7 Å². The van der Waals surface area contributed by atoms with Gasteiger partial charge in [0, 0.05) is 23.7 Å². The lowest BCUT2D eigenvalue weighted by Gasteiger charge is -2.06. The van der Waals surface area contributed by atoms with Crippen molar-refractivity contribution in [1.29, 1.82) is 0 Å². The van der Waals surface area contributed by atoms with Crippen molar-refractivity contribution in [2.24, 2.45) is 0 Å². The number of aryl methyl sites for hydroxylation is 1. The fourth-order valence-corrected chi connectivity index (χ4v) is 2.24. The highest BCUT2D eigenvalue weighted by Gasteiger charge is 2.17. The number of hydrogen-bond donors (Lipinski definition) is 0. The monoisotopic (exact) mass is 266 g/mol. The summed E-state index contributed by atoms with van der Waals surface area (Å²) in [5.41, 5.74) is 1.96. The first-order valence-corrected chi connectivity index (χ1v) is 6.58. The second kappa shape index (κ2) is 5.21. The molecule has 1 aromatic carbocycles. The van der Waals surface area contributed by atoms with E-state index in [0.717, 1.165) is 17.3 Å². The number of fused-ring (bicyclic) bond motifs is 1. The summed E-state index contributed by atoms with van der Waals surface area (Å²) in [6.07, 6.45) is 4.08. The van der Waals surface area contributed by atoms with Gasteiger partial charge < -0.3 is 0 Å². The predicted octanol–water partition coefficient (Wildman–Crippen LogP) is 2.47. The van der Waals surface area contributed by atoms with Crippen LogP contribution in [0.1, 0.15) is 29.4 Å². The molecule has 3 aromatic rings. The third kappa shape index (κ3) is 2.07. The molecule has 2 heterocycles. The Balaban J connectivity index is 2.11. The lowest BCUT2D eigenvalue weighted by molar-refractivity contribution is 0.103. The molecule has 2 aromatic heterocycles. The van der Waals surface area contributed by atoms with Crippen LogP contribution in [0.15, 0.2) is 42.7 Å². The van der Waals surface area contributed by atoms with Gasteiger partial charge in [0.15, 0.2) is 0 Å². The van der Waals surface area contributed by atoms with E-state index in [2.05, 4.69) is 15.3 Å². The molecule has 0 saturated carbocycles. The quantitative estimate of drug-likeness (QED) is 0.681. The van der Waals surface area contributed by atoms with Crippen molar-refractivity contribution in [2.75, 3.05) is 0 Å². The first-order valence-electron chi connectivity index (χ1n) is 6.58. The van der Waals surface area contributed by atoms with Crippen molar-refractivity contribution < 1.29 is 4.79 Å². The van der Waals surface area contributed by atoms with Gasteiger partial charge in [0.1, 0.15) is 5.69 Å². The van der Waals surface area contributed by atoms with Gasteiger partial charge in [-0.2, -0.15) is 0 Å². The molecule has 100 valence electrons. The molecule has 0 spiro atoms. The summed E-state index contributed by atoms with van der Waals surface area (Å²) in [6.45, 7) is 2.72. The van der Waals surface area contributed by atoms with Gasteiger partial charge in [-0.25, -0.2) is 4.68 Å². The summed E-state index contributed by atoms with van der Waals surface area (Å²) in [6, 6.07) is 9.36. The maximum atomic E-state index is 12.7. The van der Waals surface area contributed by atoms with E-state index in [0.29, 0.717) is 17.8 Å². The van der Waals surface area contributed by atoms with Gasteiger partial charge in [0.2, 0.25) is 5.78 Å². The molecule has 0 aliphatic heterocycles. The third-order valence-corrected chi connectivity index (χ3v) is 3.18. The molecule has 0 N–H and O–H groups in total. The topological polar surface area (TPSA) is 60.7 Å². The molecule has 0 saturated heterocycles. The summed E-state index contributed by atoms with van der Waals surface area (Å²) in [5.74, 6) is -0.0675. The molecule has 5 nitrogen and oxygen atoms in total. The molecule has 0 bridgehead atoms. The number of aromatic nitrogens is 4. The van der Waals surface area contributed by atoms with E-state index in [1.807, 2.05) is 31.2 Å². The van der Waals surface area contributed by atoms with Crippen molar-refractivity contribution in [3.63, 3.8) is 0 Å². The standard InChI is InChI=1S/C15H14N4O/c1-2-9-19-14(10-17-18-19)15(20)12-7-8-16-13-6-4-3-5-11(12)13/h3-8,10H,2,9H2,1H3. The molecule has 0 aliphatic carbocycles. The third-order valence-electron chi connectivity index (χ3n) is 3.18. The summed E-state index contributed by atoms with van der Waals surface area (Å²) < 4.78 is 1.65. The minimum atomic E-state index is -0.0675. The van der Waals surface area contributed by atoms with Gasteiger partial charge in [-0.05, 0) is 18.6 Å². The number of para-hydroxylation sites is 1. The summed E-state index contributed by atoms with van der Waals surface area (Å²) in [7, 11) is 0. The fourth-order valence-electron chi connectivity index (χ4n) is 2.24. The van der Waals surface area contributed by atoms with E-state index >= 15 is 0 Å². The van der Waals surface area contributed by atoms with Gasteiger partial charge in [-0.1, -0.05) is 30.3 Å². The van der Waals surface area contributed by atoms with Crippen LogP contribution < -0.4 is 0 Å². The van der Waals surface area contributed by atoms with Crippen molar-refractivity contribution in [3.05, 3.63) is 54.0 Å². The van der Waals surface area contributed by atoms with Crippen molar-refractivity contribution in [2.45, 2.75) is 19.9 Å². The summed E-state index contributed by atoms with van der Waals surface area (Å²) >= 11 is 0. The maximum absolute atomic E-state index is 12.7. The second-order valence-corrected chi connectivity index (χ2v) is 4.55. The molecule has 5 heteroatoms. The number of ketones is 1. The molecule has 3 rings (SSSR count). The van der Waals surface area contributed by atoms with E-state index in [4.69, 9.17) is 0 Å². The summed E-state index contributed by atoms with van der Waals surface area (Å²) in [5, 5.41) is 8.66. The Morgan fingerprint density at radius 1 is 1.25 bits per heavy atom. The van der Waals surface area contributed by atoms with E-state index in [9.17, 15) is 4.79 Å². The van der Waals surface area contributed by atoms with Crippen molar-refractivity contribution in [3.8, 4) is 0 Å². The highest BCUT2D eigenvalue weighted by molar-refractivity contribution is 6.14. The van der Waals surface area contributed by atoms with Crippen LogP contribution in [0.25, 0.3) is 10.9 Å². The number of carbonyl (C=O) groups is 1. The van der Waals surface area contributed by atoms with Crippen LogP contribution in [0, 0.1) is 0 Å². The Morgan fingerprint density at radius 2 is 2.10 bits per heavy atom. The van der Waals surface area contributed by atoms with Gasteiger partial charge in [-0.3, -0.25) is 9.78 Å². The maximum Gasteiger partial charge on any atom is 0.213 e. The Hall–Kier alpha value is -2.56. The largest absolute Gasteiger partial charge is 0.287 e. The highest BCUT2D eigenvalue weighted by Crippen LogP contribution is 2.19.